The van der Waals surface area contributed by atoms with E-state index in [1.807, 2.05) is 6.07 Å². The van der Waals surface area contributed by atoms with Gasteiger partial charge in [-0.05, 0) is 30.6 Å². The monoisotopic (exact) mass is 135 g/mol. The van der Waals surface area contributed by atoms with Crippen molar-refractivity contribution in [3.05, 3.63) is 29.3 Å². The van der Waals surface area contributed by atoms with Gasteiger partial charge >= 0.3 is 0 Å². The molecule has 0 saturated heterocycles. The fraction of sp³-hybridized carbons (Fsp3) is 0.125. The Morgan fingerprint density at radius 1 is 1.60 bits per heavy atom. The summed E-state index contributed by atoms with van der Waals surface area (Å²) in [5.74, 6) is 0. The number of nitriles is 1. The summed E-state index contributed by atoms with van der Waals surface area (Å²) >= 11 is 0. The van der Waals surface area contributed by atoms with Gasteiger partial charge in [-0.2, -0.15) is 5.26 Å². The largest absolute Gasteiger partial charge is 0.399 e. The number of benzene rings is 1. The lowest BCUT2D eigenvalue weighted by Crippen LogP contribution is -1.86. The van der Waals surface area contributed by atoms with Gasteiger partial charge in [-0.25, -0.2) is 0 Å². The van der Waals surface area contributed by atoms with Crippen LogP contribution in [0.15, 0.2) is 18.2 Å². The van der Waals surface area contributed by atoms with E-state index in [1.165, 1.54) is 18.2 Å². The van der Waals surface area contributed by atoms with Gasteiger partial charge in [-0.15, -0.1) is 0 Å². The van der Waals surface area contributed by atoms with E-state index in [1.54, 1.807) is 0 Å². The Bertz CT molecular complexity index is 363. The Labute approximate surface area is 64.1 Å². The van der Waals surface area contributed by atoms with Crippen LogP contribution in [0.25, 0.3) is 0 Å². The summed E-state index contributed by atoms with van der Waals surface area (Å²) in [6.07, 6.45) is 0. The molecular formula is C8H8N2. The predicted octanol–water partition coefficient (Wildman–Crippen LogP) is 1.45. The van der Waals surface area contributed by atoms with Gasteiger partial charge < -0.3 is 5.73 Å². The molecular weight excluding hydrogens is 124 g/mol. The van der Waals surface area contributed by atoms with Crippen LogP contribution >= 0.6 is 0 Å². The van der Waals surface area contributed by atoms with Crippen molar-refractivity contribution in [1.29, 1.82) is 5.26 Å². The van der Waals surface area contributed by atoms with Crippen molar-refractivity contribution >= 4 is 5.69 Å². The molecule has 1 aromatic carbocycles. The number of hydrogen-bond donors (Lipinski definition) is 1. The molecule has 0 fully saturated rings. The number of rotatable bonds is 0. The predicted molar refractivity (Wildman–Crippen MR) is 40.3 cm³/mol. The summed E-state index contributed by atoms with van der Waals surface area (Å²) in [6, 6.07) is 5.97. The second-order valence-electron chi connectivity index (χ2n) is 1.96. The number of nitrogens with two attached hydrogens (primary N) is 1. The van der Waals surface area contributed by atoms with Crippen LogP contribution in [0.4, 0.5) is 5.69 Å². The molecule has 0 aliphatic heterocycles. The van der Waals surface area contributed by atoms with Crippen molar-refractivity contribution in [3.8, 4) is 6.07 Å². The third-order valence-electron chi connectivity index (χ3n) is 1.08. The molecule has 0 aliphatic rings. The minimum absolute atomic E-state index is 0.101. The maximum Gasteiger partial charge on any atom is 0.0992 e. The van der Waals surface area contributed by atoms with Crippen LogP contribution in [0.3, 0.4) is 0 Å². The van der Waals surface area contributed by atoms with E-state index >= 15 is 0 Å². The third kappa shape index (κ3) is 1.26. The van der Waals surface area contributed by atoms with Crippen LogP contribution in [0.1, 0.15) is 15.2 Å². The van der Waals surface area contributed by atoms with Gasteiger partial charge in [0.05, 0.1) is 11.6 Å². The summed E-state index contributed by atoms with van der Waals surface area (Å²) in [5.41, 5.74) is 6.10. The Morgan fingerprint density at radius 3 is 3.00 bits per heavy atom. The van der Waals surface area contributed by atoms with Gasteiger partial charge in [-0.1, -0.05) is 0 Å². The van der Waals surface area contributed by atoms with Crippen molar-refractivity contribution < 1.29 is 4.11 Å². The normalized spacial score (nSPS) is 14.5. The van der Waals surface area contributed by atoms with E-state index < -0.39 is 6.85 Å². The average molecular weight is 135 g/mol. The smallest absolute Gasteiger partial charge is 0.0992 e. The molecule has 1 rings (SSSR count). The first-order chi connectivity index (χ1) is 5.93. The van der Waals surface area contributed by atoms with Crippen LogP contribution in [0.2, 0.25) is 0 Å². The molecule has 0 unspecified atom stereocenters. The first-order valence-corrected chi connectivity index (χ1v) is 2.74. The van der Waals surface area contributed by atoms with Gasteiger partial charge in [0, 0.05) is 9.80 Å². The fourth-order valence-electron chi connectivity index (χ4n) is 0.716. The number of nitrogens with zero attached hydrogens (tertiary/aromatic N) is 1. The van der Waals surface area contributed by atoms with Crippen LogP contribution in [-0.4, -0.2) is 0 Å². The van der Waals surface area contributed by atoms with E-state index in [9.17, 15) is 0 Å². The zero-order chi connectivity index (χ0) is 10.1. The van der Waals surface area contributed by atoms with Gasteiger partial charge in [0.1, 0.15) is 0 Å². The van der Waals surface area contributed by atoms with Crippen LogP contribution in [0, 0.1) is 18.2 Å². The lowest BCUT2D eigenvalue weighted by atomic mass is 10.1. The Morgan fingerprint density at radius 2 is 2.40 bits per heavy atom. The molecule has 2 N–H and O–H groups in total. The maximum atomic E-state index is 8.56. The lowest BCUT2D eigenvalue weighted by molar-refractivity contribution is 1.42. The first kappa shape index (κ1) is 3.62. The molecule has 0 atom stereocenters. The molecule has 10 heavy (non-hydrogen) atoms. The standard InChI is InChI=1S/C8H8N2/c1-6-2-7(5-9)4-8(10)3-6/h2-4H,10H2,1H3/i1D3. The number of hydrogen-bond acceptors (Lipinski definition) is 2. The zero-order valence-electron chi connectivity index (χ0n) is 8.26. The van der Waals surface area contributed by atoms with Crippen molar-refractivity contribution in [3.63, 3.8) is 0 Å². The molecule has 2 heteroatoms. The van der Waals surface area contributed by atoms with Crippen LogP contribution in [-0.2, 0) is 0 Å². The molecule has 2 nitrogen and oxygen atoms in total. The molecule has 0 heterocycles. The van der Waals surface area contributed by atoms with E-state index in [4.69, 9.17) is 15.1 Å². The summed E-state index contributed by atoms with van der Waals surface area (Å²) in [6.45, 7) is -2.21. The average Bonchev–Trinajstić information content (AvgIpc) is 2.01. The molecule has 0 spiro atoms. The minimum atomic E-state index is -2.21. The zero-order valence-corrected chi connectivity index (χ0v) is 5.26. The summed E-state index contributed by atoms with van der Waals surface area (Å²) in [7, 11) is 0. The maximum absolute atomic E-state index is 8.56. The second kappa shape index (κ2) is 2.40. The molecule has 0 aliphatic carbocycles. The molecule has 0 aromatic heterocycles. The van der Waals surface area contributed by atoms with E-state index in [0.29, 0.717) is 5.69 Å². The number of anilines is 1. The Hall–Kier alpha value is -1.49. The van der Waals surface area contributed by atoms with Crippen molar-refractivity contribution in [2.75, 3.05) is 5.73 Å². The molecule has 0 saturated carbocycles. The molecule has 50 valence electrons. The SMILES string of the molecule is [2H]C([2H])([2H])c1cc(N)cc(C#N)c1. The Kier molecular flexibility index (Phi) is 0.870. The number of nitrogen functional groups attached to an aromatic ring is 1. The van der Waals surface area contributed by atoms with Gasteiger partial charge in [0.15, 0.2) is 0 Å². The minimum Gasteiger partial charge on any atom is -0.399 e. The molecule has 0 radical (unpaired) electrons. The highest BCUT2D eigenvalue weighted by molar-refractivity contribution is 5.48. The van der Waals surface area contributed by atoms with Crippen molar-refractivity contribution in [1.82, 2.24) is 0 Å². The molecule has 1 aromatic rings. The van der Waals surface area contributed by atoms with E-state index in [-0.39, 0.29) is 11.1 Å². The molecule has 0 bridgehead atoms. The van der Waals surface area contributed by atoms with Crippen molar-refractivity contribution in [2.45, 2.75) is 6.85 Å². The highest BCUT2D eigenvalue weighted by Crippen LogP contribution is 2.09. The highest BCUT2D eigenvalue weighted by Gasteiger charge is 1.92. The third-order valence-corrected chi connectivity index (χ3v) is 1.08. The van der Waals surface area contributed by atoms with E-state index in [2.05, 4.69) is 0 Å². The summed E-state index contributed by atoms with van der Waals surface area (Å²) in [4.78, 5) is 0. The number of aryl methyl sites for hydroxylation is 1. The topological polar surface area (TPSA) is 49.8 Å². The van der Waals surface area contributed by atoms with Gasteiger partial charge in [0.2, 0.25) is 0 Å². The van der Waals surface area contributed by atoms with Gasteiger partial charge in [-0.3, -0.25) is 0 Å². The Balaban J connectivity index is 3.26. The quantitative estimate of drug-likeness (QED) is 0.547. The lowest BCUT2D eigenvalue weighted by Gasteiger charge is -1.95. The second-order valence-corrected chi connectivity index (χ2v) is 1.96. The first-order valence-electron chi connectivity index (χ1n) is 4.24. The highest BCUT2D eigenvalue weighted by atomic mass is 14.5. The van der Waals surface area contributed by atoms with Crippen LogP contribution in [0.5, 0.6) is 0 Å². The van der Waals surface area contributed by atoms with Gasteiger partial charge in [0.25, 0.3) is 0 Å². The van der Waals surface area contributed by atoms with Crippen molar-refractivity contribution in [2.24, 2.45) is 0 Å². The summed E-state index contributed by atoms with van der Waals surface area (Å²) in [5, 5.41) is 8.56. The van der Waals surface area contributed by atoms with E-state index in [0.717, 1.165) is 0 Å². The summed E-state index contributed by atoms with van der Waals surface area (Å²) < 4.78 is 21.3. The van der Waals surface area contributed by atoms with Crippen LogP contribution < -0.4 is 5.73 Å². The fourth-order valence-corrected chi connectivity index (χ4v) is 0.716. The molecule has 0 amide bonds.